The number of hydrogen-bond donors (Lipinski definition) is 0. The van der Waals surface area contributed by atoms with Gasteiger partial charge in [-0.25, -0.2) is 0 Å². The van der Waals surface area contributed by atoms with Gasteiger partial charge in [0.05, 0.1) is 0 Å². The number of piperazine rings is 1. The Morgan fingerprint density at radius 2 is 1.33 bits per heavy atom. The topological polar surface area (TPSA) is 49.9 Å². The second-order valence-electron chi connectivity index (χ2n) is 10.9. The van der Waals surface area contributed by atoms with Gasteiger partial charge in [0.25, 0.3) is 0 Å². The molecule has 36 heavy (non-hydrogen) atoms. The number of amides is 1. The molecule has 5 heteroatoms. The molecule has 1 heterocycles. The molecule has 1 fully saturated rings. The van der Waals surface area contributed by atoms with Crippen molar-refractivity contribution in [1.82, 2.24) is 9.80 Å². The van der Waals surface area contributed by atoms with Crippen LogP contribution in [0.15, 0.2) is 48.5 Å². The van der Waals surface area contributed by atoms with E-state index in [-0.39, 0.29) is 30.8 Å². The lowest BCUT2D eigenvalue weighted by molar-refractivity contribution is -0.144. The Morgan fingerprint density at radius 3 is 1.89 bits per heavy atom. The molecule has 0 N–H and O–H groups in total. The van der Waals surface area contributed by atoms with Gasteiger partial charge < -0.3 is 9.64 Å². The third kappa shape index (κ3) is 6.76. The van der Waals surface area contributed by atoms with Gasteiger partial charge in [-0.05, 0) is 55.9 Å². The highest BCUT2D eigenvalue weighted by molar-refractivity contribution is 5.79. The molecule has 0 aromatic heterocycles. The third-order valence-electron chi connectivity index (χ3n) is 7.48. The fourth-order valence-corrected chi connectivity index (χ4v) is 5.37. The molecule has 0 spiro atoms. The predicted octanol–water partition coefficient (Wildman–Crippen LogP) is 6.26. The highest BCUT2D eigenvalue weighted by atomic mass is 16.5. The molecule has 5 nitrogen and oxygen atoms in total. The molecule has 0 radical (unpaired) electrons. The number of rotatable bonds is 9. The Bertz CT molecular complexity index is 973. The van der Waals surface area contributed by atoms with E-state index in [4.69, 9.17) is 4.74 Å². The van der Waals surface area contributed by atoms with Crippen molar-refractivity contribution >= 4 is 11.9 Å². The average molecular weight is 493 g/mol. The molecule has 1 amide bonds. The summed E-state index contributed by atoms with van der Waals surface area (Å²) in [6.45, 7) is 10.7. The van der Waals surface area contributed by atoms with Crippen molar-refractivity contribution in [2.75, 3.05) is 32.8 Å². The first-order chi connectivity index (χ1) is 16.8. The van der Waals surface area contributed by atoms with E-state index >= 15 is 0 Å². The van der Waals surface area contributed by atoms with E-state index in [2.05, 4.69) is 74.2 Å². The maximum atomic E-state index is 12.5. The summed E-state index contributed by atoms with van der Waals surface area (Å²) in [4.78, 5) is 29.4. The zero-order valence-corrected chi connectivity index (χ0v) is 21.6. The van der Waals surface area contributed by atoms with Crippen molar-refractivity contribution in [3.63, 3.8) is 0 Å². The maximum Gasteiger partial charge on any atom is 0.305 e. The van der Waals surface area contributed by atoms with E-state index in [0.717, 1.165) is 51.9 Å². The number of carbonyl (C=O) groups is 2. The molecule has 1 saturated heterocycles. The highest BCUT2D eigenvalue weighted by Gasteiger charge is 2.29. The van der Waals surface area contributed by atoms with Gasteiger partial charge in [-0.2, -0.15) is 0 Å². The van der Waals surface area contributed by atoms with Crippen molar-refractivity contribution in [2.24, 2.45) is 0 Å². The van der Waals surface area contributed by atoms with Crippen molar-refractivity contribution in [3.05, 3.63) is 59.7 Å². The van der Waals surface area contributed by atoms with Crippen LogP contribution < -0.4 is 0 Å². The number of hydrogen-bond acceptors (Lipinski definition) is 4. The number of esters is 1. The number of fused-ring (bicyclic) bond motifs is 3. The first-order valence-corrected chi connectivity index (χ1v) is 13.2. The first kappa shape index (κ1) is 27.9. The van der Waals surface area contributed by atoms with E-state index in [0.29, 0.717) is 19.4 Å². The van der Waals surface area contributed by atoms with E-state index in [1.54, 1.807) is 0 Å². The van der Waals surface area contributed by atoms with Crippen LogP contribution in [-0.4, -0.2) is 60.0 Å². The SMILES string of the molecule is C.CC(C)(C)N1CCN(C(=O)CCCCCCC(=O)OCC2c3ccccc3-c3ccccc32)CC1. The molecule has 1 aliphatic heterocycles. The molecule has 196 valence electrons. The predicted molar refractivity (Wildman–Crippen MR) is 147 cm³/mol. The van der Waals surface area contributed by atoms with E-state index in [9.17, 15) is 9.59 Å². The standard InChI is InChI=1S/C30H40N2O3.CH4/c1-30(2,3)32-20-18-31(19-21-32)28(33)16-6-4-5-7-17-29(34)35-22-27-25-14-10-8-12-23(25)24-13-9-11-15-26(24)27;/h8-15,27H,4-7,16-22H2,1-3H3;1H4. The minimum Gasteiger partial charge on any atom is -0.465 e. The largest absolute Gasteiger partial charge is 0.465 e. The van der Waals surface area contributed by atoms with Crippen molar-refractivity contribution in [2.45, 2.75) is 78.2 Å². The summed E-state index contributed by atoms with van der Waals surface area (Å²) in [6, 6.07) is 16.8. The summed E-state index contributed by atoms with van der Waals surface area (Å²) >= 11 is 0. The average Bonchev–Trinajstić information content (AvgIpc) is 3.18. The number of nitrogens with zero attached hydrogens (tertiary/aromatic N) is 2. The zero-order valence-electron chi connectivity index (χ0n) is 21.6. The van der Waals surface area contributed by atoms with E-state index in [1.807, 2.05) is 4.90 Å². The van der Waals surface area contributed by atoms with Gasteiger partial charge >= 0.3 is 5.97 Å². The lowest BCUT2D eigenvalue weighted by atomic mass is 9.98. The molecule has 0 saturated carbocycles. The first-order valence-electron chi connectivity index (χ1n) is 13.2. The fourth-order valence-electron chi connectivity index (χ4n) is 5.37. The maximum absolute atomic E-state index is 12.5. The second-order valence-corrected chi connectivity index (χ2v) is 10.9. The normalized spacial score (nSPS) is 15.7. The smallest absolute Gasteiger partial charge is 0.305 e. The Balaban J connectivity index is 0.00000361. The quantitative estimate of drug-likeness (QED) is 0.306. The number of unbranched alkanes of at least 4 members (excludes halogenated alkanes) is 3. The monoisotopic (exact) mass is 492 g/mol. The van der Waals surface area contributed by atoms with Crippen LogP contribution in [0.1, 0.15) is 83.8 Å². The summed E-state index contributed by atoms with van der Waals surface area (Å²) < 4.78 is 5.69. The summed E-state index contributed by atoms with van der Waals surface area (Å²) in [5.41, 5.74) is 5.14. The molecule has 0 unspecified atom stereocenters. The van der Waals surface area contributed by atoms with E-state index in [1.165, 1.54) is 22.3 Å². The van der Waals surface area contributed by atoms with Crippen molar-refractivity contribution in [3.8, 4) is 11.1 Å². The minimum absolute atomic E-state index is 0. The Morgan fingerprint density at radius 1 is 0.806 bits per heavy atom. The van der Waals surface area contributed by atoms with Gasteiger partial charge in [0, 0.05) is 50.5 Å². The molecular weight excluding hydrogens is 448 g/mol. The highest BCUT2D eigenvalue weighted by Crippen LogP contribution is 2.44. The molecule has 0 bridgehead atoms. The Kier molecular flexibility index (Phi) is 9.72. The summed E-state index contributed by atoms with van der Waals surface area (Å²) in [5, 5.41) is 0. The molecule has 2 aromatic rings. The lowest BCUT2D eigenvalue weighted by Crippen LogP contribution is -2.54. The number of benzene rings is 2. The van der Waals surface area contributed by atoms with Crippen LogP contribution in [0.2, 0.25) is 0 Å². The van der Waals surface area contributed by atoms with Gasteiger partial charge in [-0.15, -0.1) is 0 Å². The van der Waals surface area contributed by atoms with Crippen LogP contribution >= 0.6 is 0 Å². The van der Waals surface area contributed by atoms with Crippen LogP contribution in [0.25, 0.3) is 11.1 Å². The fraction of sp³-hybridized carbons (Fsp3) is 0.548. The third-order valence-corrected chi connectivity index (χ3v) is 7.48. The minimum atomic E-state index is -0.125. The Hall–Kier alpha value is -2.66. The van der Waals surface area contributed by atoms with Crippen LogP contribution in [0.5, 0.6) is 0 Å². The molecule has 2 aromatic carbocycles. The Labute approximate surface area is 217 Å². The molecule has 2 aliphatic rings. The molecule has 0 atom stereocenters. The van der Waals surface area contributed by atoms with Gasteiger partial charge in [0.15, 0.2) is 0 Å². The summed E-state index contributed by atoms with van der Waals surface area (Å²) in [5.74, 6) is 0.261. The summed E-state index contributed by atoms with van der Waals surface area (Å²) in [7, 11) is 0. The second kappa shape index (κ2) is 12.5. The number of ether oxygens (including phenoxy) is 1. The lowest BCUT2D eigenvalue weighted by Gasteiger charge is -2.42. The van der Waals surface area contributed by atoms with E-state index < -0.39 is 0 Å². The molecule has 1 aliphatic carbocycles. The van der Waals surface area contributed by atoms with Gasteiger partial charge in [-0.3, -0.25) is 14.5 Å². The van der Waals surface area contributed by atoms with Crippen LogP contribution in [0, 0.1) is 0 Å². The van der Waals surface area contributed by atoms with Crippen molar-refractivity contribution in [1.29, 1.82) is 0 Å². The van der Waals surface area contributed by atoms with Crippen molar-refractivity contribution < 1.29 is 14.3 Å². The van der Waals surface area contributed by atoms with Gasteiger partial charge in [0.1, 0.15) is 6.61 Å². The number of carbonyl (C=O) groups excluding carboxylic acids is 2. The van der Waals surface area contributed by atoms with Gasteiger partial charge in [0.2, 0.25) is 5.91 Å². The van der Waals surface area contributed by atoms with Crippen LogP contribution in [0.4, 0.5) is 0 Å². The zero-order chi connectivity index (χ0) is 24.8. The van der Waals surface area contributed by atoms with Crippen LogP contribution in [-0.2, 0) is 14.3 Å². The van der Waals surface area contributed by atoms with Crippen LogP contribution in [0.3, 0.4) is 0 Å². The molecular formula is C31H44N2O3. The molecule has 4 rings (SSSR count). The summed E-state index contributed by atoms with van der Waals surface area (Å²) in [6.07, 6.45) is 4.69. The van der Waals surface area contributed by atoms with Gasteiger partial charge in [-0.1, -0.05) is 68.8 Å².